The van der Waals surface area contributed by atoms with E-state index in [9.17, 15) is 9.90 Å². The van der Waals surface area contributed by atoms with Gasteiger partial charge >= 0.3 is 0 Å². The highest BCUT2D eigenvalue weighted by molar-refractivity contribution is 5.72. The van der Waals surface area contributed by atoms with Crippen LogP contribution < -0.4 is 5.32 Å². The second-order valence-corrected chi connectivity index (χ2v) is 8.60. The summed E-state index contributed by atoms with van der Waals surface area (Å²) in [4.78, 5) is 13.8. The highest BCUT2D eigenvalue weighted by atomic mass is 16.6. The standard InChI is InChI=1S/C21H32N2O4/c1-14(25)22-11-16-18-19(27-21(4,5)20(2,3)26-18)17(13-24)23(16)12-15-9-7-6-8-10-15/h6-10,16-19,24H,11-13H2,1-5H3,(H,22,25)/t16-,17-,18-,19-/m1/s1. The van der Waals surface area contributed by atoms with Crippen molar-refractivity contribution in [3.8, 4) is 0 Å². The van der Waals surface area contributed by atoms with E-state index in [0.29, 0.717) is 13.1 Å². The molecule has 2 heterocycles. The third-order valence-electron chi connectivity index (χ3n) is 6.20. The van der Waals surface area contributed by atoms with Crippen LogP contribution in [0.25, 0.3) is 0 Å². The third kappa shape index (κ3) is 3.90. The fourth-order valence-electron chi connectivity index (χ4n) is 4.04. The van der Waals surface area contributed by atoms with Gasteiger partial charge in [0.05, 0.1) is 29.9 Å². The van der Waals surface area contributed by atoms with Gasteiger partial charge in [0.15, 0.2) is 0 Å². The van der Waals surface area contributed by atoms with Crippen LogP contribution in [0.3, 0.4) is 0 Å². The molecule has 2 aliphatic rings. The number of hydrogen-bond donors (Lipinski definition) is 2. The van der Waals surface area contributed by atoms with Gasteiger partial charge in [0.2, 0.25) is 5.91 Å². The molecular weight excluding hydrogens is 344 g/mol. The van der Waals surface area contributed by atoms with Crippen LogP contribution in [0.2, 0.25) is 0 Å². The Bertz CT molecular complexity index is 661. The monoisotopic (exact) mass is 376 g/mol. The van der Waals surface area contributed by atoms with Crippen molar-refractivity contribution in [2.75, 3.05) is 13.2 Å². The van der Waals surface area contributed by atoms with Crippen LogP contribution in [0.4, 0.5) is 0 Å². The lowest BCUT2D eigenvalue weighted by atomic mass is 9.85. The van der Waals surface area contributed by atoms with E-state index < -0.39 is 11.2 Å². The van der Waals surface area contributed by atoms with Gasteiger partial charge in [-0.2, -0.15) is 0 Å². The van der Waals surface area contributed by atoms with E-state index in [-0.39, 0.29) is 36.8 Å². The lowest BCUT2D eigenvalue weighted by molar-refractivity contribution is -0.290. The number of ether oxygens (including phenoxy) is 2. The summed E-state index contributed by atoms with van der Waals surface area (Å²) in [6.07, 6.45) is -0.471. The predicted octanol–water partition coefficient (Wildman–Crippen LogP) is 1.71. The average Bonchev–Trinajstić information content (AvgIpc) is 2.84. The van der Waals surface area contributed by atoms with Crippen molar-refractivity contribution in [2.45, 2.75) is 76.7 Å². The molecular formula is C21H32N2O4. The zero-order chi connectivity index (χ0) is 19.8. The maximum absolute atomic E-state index is 11.6. The van der Waals surface area contributed by atoms with E-state index in [1.807, 2.05) is 45.9 Å². The molecule has 6 heteroatoms. The summed E-state index contributed by atoms with van der Waals surface area (Å²) in [5.41, 5.74) is 0.190. The molecule has 2 fully saturated rings. The lowest BCUT2D eigenvalue weighted by Crippen LogP contribution is -2.62. The number of nitrogens with zero attached hydrogens (tertiary/aromatic N) is 1. The van der Waals surface area contributed by atoms with E-state index in [4.69, 9.17) is 9.47 Å². The minimum atomic E-state index is -0.483. The van der Waals surface area contributed by atoms with Crippen molar-refractivity contribution >= 4 is 5.91 Å². The van der Waals surface area contributed by atoms with Gasteiger partial charge in [-0.15, -0.1) is 0 Å². The number of benzene rings is 1. The van der Waals surface area contributed by atoms with Gasteiger partial charge in [-0.05, 0) is 33.3 Å². The van der Waals surface area contributed by atoms with Crippen molar-refractivity contribution < 1.29 is 19.4 Å². The Kier molecular flexibility index (Phi) is 5.64. The van der Waals surface area contributed by atoms with Gasteiger partial charge in [0, 0.05) is 20.0 Å². The SMILES string of the molecule is CC(=O)NC[C@@H]1[C@H]2OC(C)(C)C(C)(C)O[C@@H]2[C@@H](CO)N1Cc1ccccc1. The van der Waals surface area contributed by atoms with E-state index in [1.165, 1.54) is 6.92 Å². The molecule has 0 aromatic heterocycles. The molecule has 2 N–H and O–H groups in total. The van der Waals surface area contributed by atoms with Crippen LogP contribution in [-0.2, 0) is 20.8 Å². The lowest BCUT2D eigenvalue weighted by Gasteiger charge is -2.51. The number of carbonyl (C=O) groups is 1. The first kappa shape index (κ1) is 20.3. The van der Waals surface area contributed by atoms with E-state index in [2.05, 4.69) is 22.3 Å². The van der Waals surface area contributed by atoms with Gasteiger partial charge in [0.1, 0.15) is 12.2 Å². The number of aliphatic hydroxyl groups excluding tert-OH is 1. The molecule has 1 amide bonds. The van der Waals surface area contributed by atoms with Crippen molar-refractivity contribution in [1.29, 1.82) is 0 Å². The minimum Gasteiger partial charge on any atom is -0.395 e. The Morgan fingerprint density at radius 1 is 1.07 bits per heavy atom. The van der Waals surface area contributed by atoms with E-state index >= 15 is 0 Å². The zero-order valence-corrected chi connectivity index (χ0v) is 16.9. The highest BCUT2D eigenvalue weighted by Gasteiger charge is 2.59. The molecule has 2 saturated heterocycles. The number of nitrogens with one attached hydrogen (secondary N) is 1. The van der Waals surface area contributed by atoms with Crippen LogP contribution in [0.15, 0.2) is 30.3 Å². The second kappa shape index (κ2) is 7.51. The van der Waals surface area contributed by atoms with Gasteiger partial charge in [-0.1, -0.05) is 30.3 Å². The average molecular weight is 376 g/mol. The van der Waals surface area contributed by atoms with Crippen LogP contribution in [0, 0.1) is 0 Å². The molecule has 150 valence electrons. The normalized spacial score (nSPS) is 32.1. The Morgan fingerprint density at radius 2 is 1.63 bits per heavy atom. The molecule has 0 saturated carbocycles. The summed E-state index contributed by atoms with van der Waals surface area (Å²) in [5, 5.41) is 13.1. The highest BCUT2D eigenvalue weighted by Crippen LogP contribution is 2.44. The molecule has 0 aliphatic carbocycles. The van der Waals surface area contributed by atoms with Crippen LogP contribution in [0.5, 0.6) is 0 Å². The number of likely N-dealkylation sites (tertiary alicyclic amines) is 1. The zero-order valence-electron chi connectivity index (χ0n) is 16.9. The molecule has 2 aliphatic heterocycles. The number of aliphatic hydroxyl groups is 1. The molecule has 1 aromatic carbocycles. The number of fused-ring (bicyclic) bond motifs is 1. The second-order valence-electron chi connectivity index (χ2n) is 8.60. The molecule has 0 bridgehead atoms. The first-order chi connectivity index (χ1) is 12.7. The quantitative estimate of drug-likeness (QED) is 0.819. The summed E-state index contributed by atoms with van der Waals surface area (Å²) < 4.78 is 13.0. The molecule has 27 heavy (non-hydrogen) atoms. The molecule has 3 rings (SSSR count). The molecule has 1 aromatic rings. The Labute approximate surface area is 161 Å². The van der Waals surface area contributed by atoms with Gasteiger partial charge in [-0.25, -0.2) is 0 Å². The summed E-state index contributed by atoms with van der Waals surface area (Å²) >= 11 is 0. The molecule has 0 unspecified atom stereocenters. The van der Waals surface area contributed by atoms with Crippen molar-refractivity contribution in [1.82, 2.24) is 10.2 Å². The predicted molar refractivity (Wildman–Crippen MR) is 103 cm³/mol. The number of rotatable bonds is 5. The third-order valence-corrected chi connectivity index (χ3v) is 6.20. The maximum Gasteiger partial charge on any atom is 0.216 e. The fraction of sp³-hybridized carbons (Fsp3) is 0.667. The van der Waals surface area contributed by atoms with Gasteiger partial charge in [0.25, 0.3) is 0 Å². The van der Waals surface area contributed by atoms with Gasteiger partial charge < -0.3 is 19.9 Å². The summed E-state index contributed by atoms with van der Waals surface area (Å²) in [5.74, 6) is -0.0741. The number of carbonyl (C=O) groups excluding carboxylic acids is 1. The van der Waals surface area contributed by atoms with Crippen molar-refractivity contribution in [3.05, 3.63) is 35.9 Å². The summed E-state index contributed by atoms with van der Waals surface area (Å²) in [7, 11) is 0. The van der Waals surface area contributed by atoms with E-state index in [1.54, 1.807) is 0 Å². The summed E-state index contributed by atoms with van der Waals surface area (Å²) in [6, 6.07) is 9.88. The Morgan fingerprint density at radius 3 is 2.15 bits per heavy atom. The first-order valence-corrected chi connectivity index (χ1v) is 9.67. The topological polar surface area (TPSA) is 71.0 Å². The molecule has 0 radical (unpaired) electrons. The smallest absolute Gasteiger partial charge is 0.216 e. The van der Waals surface area contributed by atoms with E-state index in [0.717, 1.165) is 5.56 Å². The largest absolute Gasteiger partial charge is 0.395 e. The first-order valence-electron chi connectivity index (χ1n) is 9.67. The van der Waals surface area contributed by atoms with Crippen molar-refractivity contribution in [2.24, 2.45) is 0 Å². The maximum atomic E-state index is 11.6. The van der Waals surface area contributed by atoms with Crippen LogP contribution >= 0.6 is 0 Å². The van der Waals surface area contributed by atoms with Crippen molar-refractivity contribution in [3.63, 3.8) is 0 Å². The Hall–Kier alpha value is -1.47. The summed E-state index contributed by atoms with van der Waals surface area (Å²) in [6.45, 7) is 10.7. The number of amides is 1. The molecule has 6 nitrogen and oxygen atoms in total. The molecule has 0 spiro atoms. The number of hydrogen-bond acceptors (Lipinski definition) is 5. The minimum absolute atomic E-state index is 0.0234. The van der Waals surface area contributed by atoms with Gasteiger partial charge in [-0.3, -0.25) is 9.69 Å². The van der Waals surface area contributed by atoms with Crippen LogP contribution in [0.1, 0.15) is 40.2 Å². The fourth-order valence-corrected chi connectivity index (χ4v) is 4.04. The molecule has 4 atom stereocenters. The van der Waals surface area contributed by atoms with Crippen LogP contribution in [-0.4, -0.2) is 64.6 Å². The Balaban J connectivity index is 1.92.